The van der Waals surface area contributed by atoms with Crippen molar-refractivity contribution in [1.29, 1.82) is 10.5 Å². The first-order valence-corrected chi connectivity index (χ1v) is 46.1. The normalized spacial score (nSPS) is 12.8. The first-order chi connectivity index (χ1) is 73.3. The van der Waals surface area contributed by atoms with Crippen LogP contribution in [0.4, 0.5) is 0 Å². The van der Waals surface area contributed by atoms with Gasteiger partial charge in [-0.05, 0) is 318 Å². The molecule has 0 fully saturated rings. The van der Waals surface area contributed by atoms with E-state index in [9.17, 15) is 16.0 Å². The van der Waals surface area contributed by atoms with Crippen LogP contribution < -0.4 is 19.9 Å². The Morgan fingerprint density at radius 2 is 0.444 bits per heavy atom. The van der Waals surface area contributed by atoms with Crippen LogP contribution >= 0.6 is 0 Å². The van der Waals surface area contributed by atoms with Crippen molar-refractivity contribution < 1.29 is 55.8 Å². The summed E-state index contributed by atoms with van der Waals surface area (Å²) in [7, 11) is 0. The summed E-state index contributed by atoms with van der Waals surface area (Å²) < 4.78 is 92.0. The summed E-state index contributed by atoms with van der Waals surface area (Å²) in [5.74, 6) is 0.742. The van der Waals surface area contributed by atoms with Crippen LogP contribution in [0.15, 0.2) is 412 Å². The SMILES string of the molecule is N#Cc1ccc(-c2c3nc(nc4[n-]c(c(-c5ccc(C#N)cc5)c5nc(cc6[n-]c2c2cc7ccccc7cc62)-c2cc6ccccc6cc2-5)c2cc5ccccc5cc42)-c2cc4ccccc4cc2-3)cc1.[2H]c1c([2H])c([2H])c(-c2c3nc(nc4[n-]c(c(-c5c([2H])c([2H])c([2H])c([2H])c5[2H])c5nc(cc6[n-]c2c2cc7ccccc7cc62)-c2cc6ccccc6cc2-5)c2cc5ccccc5cc42)-c2cc4ccccc4cc2-3)c([2H])c1[2H].[Pt+2].[Pt+2]. The molecule has 20 aromatic carbocycles. The predicted octanol–water partition coefficient (Wildman–Crippen LogP) is 31.5. The third kappa shape index (κ3) is 13.3. The molecule has 0 saturated heterocycles. The van der Waals surface area contributed by atoms with Crippen molar-refractivity contribution in [2.45, 2.75) is 0 Å². The molecule has 0 N–H and O–H groups in total. The average Bonchev–Trinajstić information content (AvgIpc) is 1.54. The van der Waals surface area contributed by atoms with Gasteiger partial charge in [-0.1, -0.05) is 279 Å². The topological polar surface area (TPSA) is 181 Å². The summed E-state index contributed by atoms with van der Waals surface area (Å²) in [6.07, 6.45) is 0. The van der Waals surface area contributed by atoms with Crippen molar-refractivity contribution in [1.82, 2.24) is 49.8 Å². The third-order valence-electron chi connectivity index (χ3n) is 28.0. The average molecular weight is 2170 g/mol. The first-order valence-electron chi connectivity index (χ1n) is 51.1. The van der Waals surface area contributed by atoms with E-state index in [1.807, 2.05) is 200 Å². The van der Waals surface area contributed by atoms with Crippen LogP contribution in [-0.4, -0.2) is 29.9 Å². The number of benzene rings is 20. The minimum Gasteiger partial charge on any atom is -0.656 e. The second-order valence-electron chi connectivity index (χ2n) is 35.9. The Bertz CT molecular complexity index is 10500. The molecule has 16 bridgehead atoms. The predicted molar refractivity (Wildman–Crippen MR) is 572 cm³/mol. The molecule has 0 aliphatic carbocycles. The van der Waals surface area contributed by atoms with Crippen molar-refractivity contribution in [3.63, 3.8) is 0 Å². The van der Waals surface area contributed by atoms with Crippen molar-refractivity contribution in [3.8, 4) is 147 Å². The molecule has 0 radical (unpaired) electrons. The van der Waals surface area contributed by atoms with E-state index in [0.717, 1.165) is 186 Å². The third-order valence-corrected chi connectivity index (χ3v) is 28.0. The molecule has 0 spiro atoms. The number of nitrogens with zero attached hydrogens (tertiary/aromatic N) is 12. The molecule has 0 atom stereocenters. The molecule has 142 heavy (non-hydrogen) atoms. The summed E-state index contributed by atoms with van der Waals surface area (Å²) in [6, 6.07) is 118. The van der Waals surface area contributed by atoms with Crippen molar-refractivity contribution >= 4 is 174 Å². The fraction of sp³-hybridized carbons (Fsp3) is 0. The van der Waals surface area contributed by atoms with Crippen LogP contribution in [-0.2, 0) is 42.1 Å². The molecule has 0 unspecified atom stereocenters. The molecule has 4 aliphatic rings. The van der Waals surface area contributed by atoms with E-state index in [1.165, 1.54) is 0 Å². The number of aromatic nitrogens is 10. The second kappa shape index (κ2) is 32.9. The Morgan fingerprint density at radius 1 is 0.211 bits per heavy atom. The second-order valence-corrected chi connectivity index (χ2v) is 35.9. The van der Waals surface area contributed by atoms with E-state index in [4.69, 9.17) is 58.1 Å². The molecule has 0 amide bonds. The molecule has 10 heterocycles. The zero-order valence-corrected chi connectivity index (χ0v) is 79.0. The van der Waals surface area contributed by atoms with E-state index in [0.29, 0.717) is 88.8 Å². The van der Waals surface area contributed by atoms with Gasteiger partial charge in [-0.2, -0.15) is 10.5 Å². The van der Waals surface area contributed by atoms with E-state index >= 15 is 0 Å². The van der Waals surface area contributed by atoms with Crippen LogP contribution in [0.5, 0.6) is 0 Å². The number of fused-ring (bicyclic) bond motifs is 48. The van der Waals surface area contributed by atoms with Crippen LogP contribution in [0, 0.1) is 22.7 Å². The molecule has 30 rings (SSSR count). The van der Waals surface area contributed by atoms with Crippen molar-refractivity contribution in [2.75, 3.05) is 0 Å². The molecular weight excluding hydrogens is 2100 g/mol. The quantitative estimate of drug-likeness (QED) is 0.163. The van der Waals surface area contributed by atoms with Gasteiger partial charge in [-0.3, -0.25) is 9.97 Å². The van der Waals surface area contributed by atoms with Crippen LogP contribution in [0.3, 0.4) is 0 Å². The van der Waals surface area contributed by atoms with Gasteiger partial charge in [0.2, 0.25) is 0 Å². The van der Waals surface area contributed by atoms with Gasteiger partial charge < -0.3 is 29.9 Å². The van der Waals surface area contributed by atoms with Crippen molar-refractivity contribution in [3.05, 3.63) is 423 Å². The summed E-state index contributed by atoms with van der Waals surface area (Å²) in [6.45, 7) is 0. The van der Waals surface area contributed by atoms with Crippen LogP contribution in [0.2, 0.25) is 0 Å². The van der Waals surface area contributed by atoms with Gasteiger partial charge in [-0.25, -0.2) is 9.97 Å². The minimum atomic E-state index is -0.542. The molecule has 660 valence electrons. The summed E-state index contributed by atoms with van der Waals surface area (Å²) >= 11 is 0. The maximum atomic E-state index is 10.0. The summed E-state index contributed by atoms with van der Waals surface area (Å²) in [4.78, 5) is 55.5. The zero-order valence-electron chi connectivity index (χ0n) is 84.5. The molecular formula is C128H68N12Pt2. The van der Waals surface area contributed by atoms with E-state index in [-0.39, 0.29) is 87.1 Å². The number of hydrogen-bond acceptors (Lipinski definition) is 8. The largest absolute Gasteiger partial charge is 2.00 e. The van der Waals surface area contributed by atoms with Gasteiger partial charge in [0.1, 0.15) is 0 Å². The molecule has 26 aromatic rings. The standard InChI is InChI=1S/C65H33N7.C63H35N5.2Pt/c66-34-36-17-21-38(22-18-36)58-60-50-27-42-11-3-1-9-40(42)25-48(50)56(68-60)33-57-49-26-41-10-2-4-12-43(41)28-51(49)61(69-57)59(39-23-19-37(35-67)20-24-39)63-53-30-45-14-6-8-16-47(45)32-55(53)65(71-63)72-64-54-31-46-15-7-5-13-44(46)29-52(54)62(58)70-64;1-3-15-36(16-4-1)56-58-48-29-40-21-9-7-19-38(40)27-46(48)54(64-58)35-55-47-28-39-20-8-10-22-41(39)30-49(47)59(65-55)57(37-17-5-2-6-18-37)61-51-32-43-24-12-14-26-45(43)34-53(51)63(67-61)68-62-52-33-44-25-13-11-23-42(44)31-50(52)60(56)66-62;;/h1-33H;1-35H;;/q2*-2;2*+2/i;1D,2D,3D,4D,5D,6D,15D,16D,17D,18D;;. The van der Waals surface area contributed by atoms with Gasteiger partial charge in [0.15, 0.2) is 0 Å². The Hall–Kier alpha value is -18.0. The fourth-order valence-electron chi connectivity index (χ4n) is 21.4. The Kier molecular flexibility index (Phi) is 17.0. The van der Waals surface area contributed by atoms with Crippen molar-refractivity contribution in [2.24, 2.45) is 0 Å². The maximum absolute atomic E-state index is 10.0. The van der Waals surface area contributed by atoms with Gasteiger partial charge >= 0.3 is 42.1 Å². The van der Waals surface area contributed by atoms with E-state index in [1.54, 1.807) is 0 Å². The molecule has 6 aromatic heterocycles. The number of rotatable bonds is 4. The minimum absolute atomic E-state index is 0. The Morgan fingerprint density at radius 3 is 0.739 bits per heavy atom. The zero-order chi connectivity index (χ0) is 101. The van der Waals surface area contributed by atoms with Gasteiger partial charge in [-0.15, -0.1) is 22.1 Å². The fourth-order valence-corrected chi connectivity index (χ4v) is 21.4. The monoisotopic (exact) mass is 2170 g/mol. The van der Waals surface area contributed by atoms with Crippen LogP contribution in [0.1, 0.15) is 24.8 Å². The Balaban J connectivity index is 0.000000147. The molecule has 12 nitrogen and oxygen atoms in total. The summed E-state index contributed by atoms with van der Waals surface area (Å²) in [5, 5.41) is 41.8. The Labute approximate surface area is 853 Å². The first kappa shape index (κ1) is 73.3. The van der Waals surface area contributed by atoms with Crippen LogP contribution in [0.25, 0.3) is 308 Å². The van der Waals surface area contributed by atoms with Gasteiger partial charge in [0.05, 0.1) is 82.8 Å². The smallest absolute Gasteiger partial charge is 0.656 e. The maximum Gasteiger partial charge on any atom is 2.00 e. The molecule has 4 aliphatic heterocycles. The molecule has 14 heteroatoms. The van der Waals surface area contributed by atoms with Gasteiger partial charge in [0.25, 0.3) is 0 Å². The molecule has 0 saturated carbocycles. The van der Waals surface area contributed by atoms with E-state index < -0.39 is 60.4 Å². The number of nitriles is 2. The van der Waals surface area contributed by atoms with E-state index in [2.05, 4.69) is 164 Å². The summed E-state index contributed by atoms with van der Waals surface area (Å²) in [5.41, 5.74) is 18.2. The van der Waals surface area contributed by atoms with Gasteiger partial charge in [0, 0.05) is 55.6 Å². The number of hydrogen-bond donors (Lipinski definition) is 0.